The summed E-state index contributed by atoms with van der Waals surface area (Å²) in [6, 6.07) is 0. The number of hydrogen-bond acceptors (Lipinski definition) is 14. The SMILES string of the molecule is CC/C=C\C/C=C\C/C=C\C/C=C\C/C=C\CCCCCCCCCCOCC(COC1OC(COC2OC(CO)C(O)C(O)C2O)C(O)C(O)C1O)OC(=O)CCCCCCCCCCCCC/C=C\C/C=C\CCCCCCC. The number of esters is 1. The molecule has 0 radical (unpaired) electrons. The van der Waals surface area contributed by atoms with Gasteiger partial charge in [0, 0.05) is 13.0 Å². The molecule has 0 aliphatic carbocycles. The average Bonchev–Trinajstić information content (AvgIpc) is 3.46. The summed E-state index contributed by atoms with van der Waals surface area (Å²) in [5, 5.41) is 72.5. The first-order chi connectivity index (χ1) is 39.6. The van der Waals surface area contributed by atoms with Gasteiger partial charge in [-0.3, -0.25) is 4.79 Å². The van der Waals surface area contributed by atoms with Gasteiger partial charge < -0.3 is 64.2 Å². The van der Waals surface area contributed by atoms with Crippen molar-refractivity contribution in [1.29, 1.82) is 0 Å². The molecule has 14 nitrogen and oxygen atoms in total. The predicted molar refractivity (Wildman–Crippen MR) is 325 cm³/mol. The quantitative estimate of drug-likeness (QED) is 0.0172. The van der Waals surface area contributed by atoms with Crippen molar-refractivity contribution in [1.82, 2.24) is 0 Å². The zero-order valence-corrected chi connectivity index (χ0v) is 50.5. The van der Waals surface area contributed by atoms with E-state index in [9.17, 15) is 40.5 Å². The molecule has 0 spiro atoms. The minimum Gasteiger partial charge on any atom is -0.457 e. The van der Waals surface area contributed by atoms with Crippen molar-refractivity contribution < 1.29 is 69.0 Å². The third-order valence-electron chi connectivity index (χ3n) is 14.9. The summed E-state index contributed by atoms with van der Waals surface area (Å²) >= 11 is 0. The first-order valence-electron chi connectivity index (χ1n) is 32.2. The molecule has 2 aliphatic rings. The predicted octanol–water partition coefficient (Wildman–Crippen LogP) is 12.8. The molecule has 0 amide bonds. The van der Waals surface area contributed by atoms with E-state index in [1.807, 2.05) is 0 Å². The van der Waals surface area contributed by atoms with Gasteiger partial charge in [-0.2, -0.15) is 0 Å². The van der Waals surface area contributed by atoms with E-state index >= 15 is 0 Å². The minimum absolute atomic E-state index is 0.0511. The number of carbonyl (C=O) groups excluding carboxylic acids is 1. The Hall–Kier alpha value is -2.83. The Bertz CT molecular complexity index is 1660. The number of unbranched alkanes of at least 4 members (excludes halogenated alkanes) is 24. The highest BCUT2D eigenvalue weighted by Crippen LogP contribution is 2.27. The van der Waals surface area contributed by atoms with Crippen molar-refractivity contribution in [2.45, 2.75) is 300 Å². The molecule has 0 aromatic heterocycles. The Morgan fingerprint density at radius 3 is 1.26 bits per heavy atom. The summed E-state index contributed by atoms with van der Waals surface area (Å²) in [5.74, 6) is -0.382. The Kier molecular flexibility index (Phi) is 48.3. The van der Waals surface area contributed by atoms with Crippen LogP contribution in [0.3, 0.4) is 0 Å². The van der Waals surface area contributed by atoms with E-state index in [-0.39, 0.29) is 25.6 Å². The Labute approximate surface area is 490 Å². The van der Waals surface area contributed by atoms with Crippen LogP contribution in [0.2, 0.25) is 0 Å². The molecule has 2 saturated heterocycles. The molecule has 0 aromatic rings. The van der Waals surface area contributed by atoms with Crippen molar-refractivity contribution in [3.63, 3.8) is 0 Å². The number of rotatable bonds is 52. The van der Waals surface area contributed by atoms with E-state index in [4.69, 9.17) is 28.4 Å². The normalized spacial score (nSPS) is 24.3. The number of carbonyl (C=O) groups is 1. The van der Waals surface area contributed by atoms with E-state index < -0.39 is 80.7 Å². The highest BCUT2D eigenvalue weighted by Gasteiger charge is 2.47. The molecule has 11 atom stereocenters. The van der Waals surface area contributed by atoms with Crippen LogP contribution >= 0.6 is 0 Å². The van der Waals surface area contributed by atoms with E-state index in [0.717, 1.165) is 83.5 Å². The Balaban J connectivity index is 1.68. The van der Waals surface area contributed by atoms with Crippen LogP contribution < -0.4 is 0 Å². The highest BCUT2D eigenvalue weighted by molar-refractivity contribution is 5.69. The van der Waals surface area contributed by atoms with Gasteiger partial charge in [-0.15, -0.1) is 0 Å². The summed E-state index contributed by atoms with van der Waals surface area (Å²) in [4.78, 5) is 13.1. The second-order valence-corrected chi connectivity index (χ2v) is 22.2. The van der Waals surface area contributed by atoms with Gasteiger partial charge in [-0.25, -0.2) is 0 Å². The molecule has 14 heteroatoms. The average molecular weight is 1150 g/mol. The van der Waals surface area contributed by atoms with Crippen molar-refractivity contribution in [3.8, 4) is 0 Å². The first kappa shape index (κ1) is 74.3. The molecule has 0 saturated carbocycles. The van der Waals surface area contributed by atoms with Crippen molar-refractivity contribution in [2.75, 3.05) is 33.0 Å². The first-order valence-corrected chi connectivity index (χ1v) is 32.2. The number of aliphatic hydroxyl groups is 7. The molecule has 2 aliphatic heterocycles. The maximum atomic E-state index is 13.1. The van der Waals surface area contributed by atoms with Crippen LogP contribution in [-0.2, 0) is 33.2 Å². The van der Waals surface area contributed by atoms with E-state index in [1.165, 1.54) is 122 Å². The number of ether oxygens (including phenoxy) is 6. The van der Waals surface area contributed by atoms with Gasteiger partial charge in [0.15, 0.2) is 12.6 Å². The maximum Gasteiger partial charge on any atom is 0.306 e. The maximum absolute atomic E-state index is 13.1. The van der Waals surface area contributed by atoms with Crippen LogP contribution in [0.15, 0.2) is 85.1 Å². The van der Waals surface area contributed by atoms with Gasteiger partial charge >= 0.3 is 5.97 Å². The van der Waals surface area contributed by atoms with E-state index in [1.54, 1.807) is 0 Å². The Morgan fingerprint density at radius 1 is 0.420 bits per heavy atom. The summed E-state index contributed by atoms with van der Waals surface area (Å²) in [5.41, 5.74) is 0. The zero-order chi connectivity index (χ0) is 58.6. The lowest BCUT2D eigenvalue weighted by Crippen LogP contribution is -2.61. The van der Waals surface area contributed by atoms with Crippen LogP contribution in [-0.4, -0.2) is 142 Å². The summed E-state index contributed by atoms with van der Waals surface area (Å²) in [6.07, 6.45) is 53.5. The van der Waals surface area contributed by atoms with Gasteiger partial charge in [-0.05, 0) is 89.9 Å². The van der Waals surface area contributed by atoms with E-state index in [2.05, 4.69) is 98.9 Å². The molecule has 11 unspecified atom stereocenters. The third kappa shape index (κ3) is 38.7. The fourth-order valence-corrected chi connectivity index (χ4v) is 9.76. The van der Waals surface area contributed by atoms with Crippen LogP contribution in [0.5, 0.6) is 0 Å². The van der Waals surface area contributed by atoms with Gasteiger partial charge in [0.05, 0.1) is 26.4 Å². The summed E-state index contributed by atoms with van der Waals surface area (Å²) in [7, 11) is 0. The lowest BCUT2D eigenvalue weighted by Gasteiger charge is -2.42. The van der Waals surface area contributed by atoms with Crippen molar-refractivity contribution in [2.24, 2.45) is 0 Å². The number of allylic oxidation sites excluding steroid dienone is 14. The topological polar surface area (TPSA) is 214 Å². The molecule has 468 valence electrons. The lowest BCUT2D eigenvalue weighted by atomic mass is 9.98. The van der Waals surface area contributed by atoms with Crippen LogP contribution in [0.1, 0.15) is 232 Å². The number of aliphatic hydroxyl groups excluding tert-OH is 7. The fraction of sp³-hybridized carbons (Fsp3) is 0.776. The fourth-order valence-electron chi connectivity index (χ4n) is 9.76. The van der Waals surface area contributed by atoms with Crippen LogP contribution in [0, 0.1) is 0 Å². The van der Waals surface area contributed by atoms with Gasteiger partial charge in [0.25, 0.3) is 0 Å². The zero-order valence-electron chi connectivity index (χ0n) is 50.5. The largest absolute Gasteiger partial charge is 0.457 e. The standard InChI is InChI=1S/C67H116O14/c1-3-5-7-9-11-13-15-17-19-21-23-25-27-29-31-33-35-37-39-41-43-45-47-49-51-76-53-56(54-77-66-65(75)63(73)61(71)58(81-66)55-78-67-64(74)62(72)60(70)57(52-68)80-67)79-59(69)50-48-46-44-42-40-38-36-34-32-30-28-26-24-22-20-18-16-14-12-10-8-6-4-2/h5,7,11,13,16-19,22-25,29,31,56-58,60-68,70-75H,3-4,6,8-10,12,14-15,20-21,26-28,30,32-55H2,1-2H3/b7-5-,13-11-,18-16-,19-17-,24-22-,25-23-,31-29-. The molecule has 0 aromatic carbocycles. The minimum atomic E-state index is -1.71. The Morgan fingerprint density at radius 2 is 0.802 bits per heavy atom. The van der Waals surface area contributed by atoms with Gasteiger partial charge in [0.1, 0.15) is 54.9 Å². The van der Waals surface area contributed by atoms with Gasteiger partial charge in [-0.1, -0.05) is 221 Å². The van der Waals surface area contributed by atoms with Crippen LogP contribution in [0.25, 0.3) is 0 Å². The second kappa shape index (κ2) is 52.7. The molecule has 2 heterocycles. The molecule has 7 N–H and O–H groups in total. The highest BCUT2D eigenvalue weighted by atomic mass is 16.7. The molecule has 2 rings (SSSR count). The van der Waals surface area contributed by atoms with Crippen LogP contribution in [0.4, 0.5) is 0 Å². The third-order valence-corrected chi connectivity index (χ3v) is 14.9. The molecule has 2 fully saturated rings. The smallest absolute Gasteiger partial charge is 0.306 e. The summed E-state index contributed by atoms with van der Waals surface area (Å²) < 4.78 is 34.5. The lowest BCUT2D eigenvalue weighted by molar-refractivity contribution is -0.332. The summed E-state index contributed by atoms with van der Waals surface area (Å²) in [6.45, 7) is 3.56. The molecule has 0 bridgehead atoms. The van der Waals surface area contributed by atoms with Crippen molar-refractivity contribution in [3.05, 3.63) is 85.1 Å². The molecular weight excluding hydrogens is 1030 g/mol. The molecular formula is C67H116O14. The van der Waals surface area contributed by atoms with Crippen molar-refractivity contribution >= 4 is 5.97 Å². The number of hydrogen-bond donors (Lipinski definition) is 7. The molecule has 81 heavy (non-hydrogen) atoms. The van der Waals surface area contributed by atoms with Gasteiger partial charge in [0.2, 0.25) is 0 Å². The second-order valence-electron chi connectivity index (χ2n) is 22.2. The monoisotopic (exact) mass is 1140 g/mol. The van der Waals surface area contributed by atoms with E-state index in [0.29, 0.717) is 13.0 Å².